The number of aromatic nitrogens is 1. The molecule has 0 aliphatic carbocycles. The number of nitrogens with zero attached hydrogens (tertiary/aromatic N) is 3. The Morgan fingerprint density at radius 2 is 2.04 bits per heavy atom. The summed E-state index contributed by atoms with van der Waals surface area (Å²) in [6.45, 7) is 8.99. The van der Waals surface area contributed by atoms with E-state index in [1.807, 2.05) is 17.0 Å². The lowest BCUT2D eigenvalue weighted by Gasteiger charge is -2.49. The zero-order valence-electron chi connectivity index (χ0n) is 14.1. The van der Waals surface area contributed by atoms with Crippen LogP contribution in [0.25, 0.3) is 0 Å². The average Bonchev–Trinajstić information content (AvgIpc) is 2.53. The Morgan fingerprint density at radius 3 is 2.65 bits per heavy atom. The summed E-state index contributed by atoms with van der Waals surface area (Å²) < 4.78 is 5.50. The van der Waals surface area contributed by atoms with Crippen LogP contribution in [-0.4, -0.2) is 65.6 Å². The van der Waals surface area contributed by atoms with Crippen molar-refractivity contribution in [3.05, 3.63) is 30.1 Å². The van der Waals surface area contributed by atoms with E-state index in [9.17, 15) is 4.79 Å². The van der Waals surface area contributed by atoms with Gasteiger partial charge in [-0.2, -0.15) is 0 Å². The summed E-state index contributed by atoms with van der Waals surface area (Å²) in [6, 6.07) is 6.58. The lowest BCUT2D eigenvalue weighted by Crippen LogP contribution is -2.64. The van der Waals surface area contributed by atoms with Crippen LogP contribution in [0, 0.1) is 5.92 Å². The van der Waals surface area contributed by atoms with E-state index in [4.69, 9.17) is 4.74 Å². The Kier molecular flexibility index (Phi) is 5.28. The molecule has 2 fully saturated rings. The maximum Gasteiger partial charge on any atom is 0.272 e. The van der Waals surface area contributed by atoms with Crippen LogP contribution in [0.2, 0.25) is 0 Å². The zero-order valence-corrected chi connectivity index (χ0v) is 14.1. The van der Waals surface area contributed by atoms with Crippen molar-refractivity contribution in [2.24, 2.45) is 5.92 Å². The SMILES string of the molecule is CC(C)CN(C1CCOCC1)C1CN(C(=O)c2ccccn2)C1. The fraction of sp³-hybridized carbons (Fsp3) is 0.667. The quantitative estimate of drug-likeness (QED) is 0.834. The lowest BCUT2D eigenvalue weighted by atomic mass is 9.98. The maximum atomic E-state index is 12.4. The second-order valence-corrected chi connectivity index (χ2v) is 7.01. The van der Waals surface area contributed by atoms with Crippen LogP contribution in [0.15, 0.2) is 24.4 Å². The summed E-state index contributed by atoms with van der Waals surface area (Å²) in [4.78, 5) is 21.1. The van der Waals surface area contributed by atoms with Gasteiger partial charge in [-0.05, 0) is 30.9 Å². The van der Waals surface area contributed by atoms with Gasteiger partial charge >= 0.3 is 0 Å². The van der Waals surface area contributed by atoms with Crippen molar-refractivity contribution in [1.29, 1.82) is 0 Å². The van der Waals surface area contributed by atoms with Gasteiger partial charge in [-0.25, -0.2) is 0 Å². The predicted molar refractivity (Wildman–Crippen MR) is 89.3 cm³/mol. The molecule has 0 aromatic carbocycles. The van der Waals surface area contributed by atoms with Gasteiger partial charge in [-0.15, -0.1) is 0 Å². The summed E-state index contributed by atoms with van der Waals surface area (Å²) in [5, 5.41) is 0. The van der Waals surface area contributed by atoms with Crippen LogP contribution in [0.4, 0.5) is 0 Å². The Bertz CT molecular complexity index is 508. The van der Waals surface area contributed by atoms with Gasteiger partial charge in [0.25, 0.3) is 5.91 Å². The van der Waals surface area contributed by atoms with E-state index in [1.165, 1.54) is 0 Å². The molecular formula is C18H27N3O2. The van der Waals surface area contributed by atoms with Crippen LogP contribution < -0.4 is 0 Å². The highest BCUT2D eigenvalue weighted by Crippen LogP contribution is 2.25. The predicted octanol–water partition coefficient (Wildman–Crippen LogP) is 2.04. The Labute approximate surface area is 138 Å². The molecule has 3 heterocycles. The molecule has 5 heteroatoms. The smallest absolute Gasteiger partial charge is 0.272 e. The minimum atomic E-state index is 0.0540. The van der Waals surface area contributed by atoms with E-state index >= 15 is 0 Å². The van der Waals surface area contributed by atoms with E-state index in [-0.39, 0.29) is 5.91 Å². The molecular weight excluding hydrogens is 290 g/mol. The fourth-order valence-electron chi connectivity index (χ4n) is 3.52. The molecule has 3 rings (SSSR count). The molecule has 0 saturated carbocycles. The first-order chi connectivity index (χ1) is 11.1. The van der Waals surface area contributed by atoms with E-state index in [2.05, 4.69) is 23.7 Å². The molecule has 0 atom stereocenters. The monoisotopic (exact) mass is 317 g/mol. The van der Waals surface area contributed by atoms with Gasteiger partial charge in [0, 0.05) is 51.1 Å². The number of carbonyl (C=O) groups is 1. The van der Waals surface area contributed by atoms with Crippen molar-refractivity contribution in [2.75, 3.05) is 32.8 Å². The minimum absolute atomic E-state index is 0.0540. The topological polar surface area (TPSA) is 45.7 Å². The Morgan fingerprint density at radius 1 is 1.30 bits per heavy atom. The van der Waals surface area contributed by atoms with Crippen LogP contribution in [0.3, 0.4) is 0 Å². The molecule has 1 amide bonds. The summed E-state index contributed by atoms with van der Waals surface area (Å²) in [7, 11) is 0. The summed E-state index contributed by atoms with van der Waals surface area (Å²) >= 11 is 0. The normalized spacial score (nSPS) is 20.1. The molecule has 0 radical (unpaired) electrons. The molecule has 0 bridgehead atoms. The van der Waals surface area contributed by atoms with Crippen molar-refractivity contribution in [3.8, 4) is 0 Å². The number of rotatable bonds is 5. The van der Waals surface area contributed by atoms with Crippen LogP contribution >= 0.6 is 0 Å². The number of pyridine rings is 1. The number of amides is 1. The molecule has 1 aromatic heterocycles. The number of carbonyl (C=O) groups excluding carboxylic acids is 1. The van der Waals surface area contributed by atoms with Gasteiger partial charge in [-0.3, -0.25) is 14.7 Å². The molecule has 0 spiro atoms. The summed E-state index contributed by atoms with van der Waals surface area (Å²) in [5.74, 6) is 0.691. The fourth-order valence-corrected chi connectivity index (χ4v) is 3.52. The van der Waals surface area contributed by atoms with Crippen molar-refractivity contribution in [2.45, 2.75) is 38.8 Å². The first-order valence-electron chi connectivity index (χ1n) is 8.69. The lowest BCUT2D eigenvalue weighted by molar-refractivity contribution is -0.0295. The standard InChI is InChI=1S/C18H27N3O2/c1-14(2)11-21(15-6-9-23-10-7-15)16-12-20(13-16)18(22)17-5-3-4-8-19-17/h3-5,8,14-16H,6-7,9-13H2,1-2H3. The van der Waals surface area contributed by atoms with Gasteiger partial charge in [0.05, 0.1) is 0 Å². The number of ether oxygens (including phenoxy) is 1. The highest BCUT2D eigenvalue weighted by molar-refractivity contribution is 5.92. The summed E-state index contributed by atoms with van der Waals surface area (Å²) in [6.07, 6.45) is 3.90. The van der Waals surface area contributed by atoms with Gasteiger partial charge in [0.1, 0.15) is 5.69 Å². The van der Waals surface area contributed by atoms with Gasteiger partial charge < -0.3 is 9.64 Å². The minimum Gasteiger partial charge on any atom is -0.381 e. The molecule has 1 aromatic rings. The second-order valence-electron chi connectivity index (χ2n) is 7.01. The zero-order chi connectivity index (χ0) is 16.2. The molecule has 2 aliphatic heterocycles. The number of likely N-dealkylation sites (tertiary alicyclic amines) is 1. The average molecular weight is 317 g/mol. The molecule has 5 nitrogen and oxygen atoms in total. The van der Waals surface area contributed by atoms with Crippen molar-refractivity contribution >= 4 is 5.91 Å². The molecule has 23 heavy (non-hydrogen) atoms. The largest absolute Gasteiger partial charge is 0.381 e. The van der Waals surface area contributed by atoms with Crippen LogP contribution in [0.1, 0.15) is 37.2 Å². The molecule has 2 aliphatic rings. The van der Waals surface area contributed by atoms with Gasteiger partial charge in [0.2, 0.25) is 0 Å². The maximum absolute atomic E-state index is 12.4. The van der Waals surface area contributed by atoms with Crippen LogP contribution in [-0.2, 0) is 4.74 Å². The third kappa shape index (κ3) is 3.90. The Balaban J connectivity index is 1.59. The number of hydrogen-bond acceptors (Lipinski definition) is 4. The first-order valence-corrected chi connectivity index (χ1v) is 8.69. The van der Waals surface area contributed by atoms with E-state index in [0.29, 0.717) is 23.7 Å². The third-order valence-electron chi connectivity index (χ3n) is 4.74. The summed E-state index contributed by atoms with van der Waals surface area (Å²) in [5.41, 5.74) is 0.549. The van der Waals surface area contributed by atoms with E-state index in [1.54, 1.807) is 12.3 Å². The second kappa shape index (κ2) is 7.41. The molecule has 2 saturated heterocycles. The van der Waals surface area contributed by atoms with Crippen molar-refractivity contribution in [1.82, 2.24) is 14.8 Å². The van der Waals surface area contributed by atoms with E-state index < -0.39 is 0 Å². The highest BCUT2D eigenvalue weighted by Gasteiger charge is 2.38. The number of hydrogen-bond donors (Lipinski definition) is 0. The first kappa shape index (κ1) is 16.4. The van der Waals surface area contributed by atoms with Gasteiger partial charge in [0.15, 0.2) is 0 Å². The third-order valence-corrected chi connectivity index (χ3v) is 4.74. The highest BCUT2D eigenvalue weighted by atomic mass is 16.5. The van der Waals surface area contributed by atoms with Crippen molar-refractivity contribution in [3.63, 3.8) is 0 Å². The van der Waals surface area contributed by atoms with E-state index in [0.717, 1.165) is 45.7 Å². The molecule has 0 unspecified atom stereocenters. The van der Waals surface area contributed by atoms with Crippen LogP contribution in [0.5, 0.6) is 0 Å². The van der Waals surface area contributed by atoms with Gasteiger partial charge in [-0.1, -0.05) is 19.9 Å². The van der Waals surface area contributed by atoms with Crippen molar-refractivity contribution < 1.29 is 9.53 Å². The Hall–Kier alpha value is -1.46. The molecule has 126 valence electrons. The molecule has 0 N–H and O–H groups in total.